The molecule has 1 N–H and O–H groups in total. The SMILES string of the molecule is CCC1=C(O)C(=O)N(CCCn2ccnc2)C1Cc1ccccc1. The van der Waals surface area contributed by atoms with Crippen molar-refractivity contribution < 1.29 is 9.90 Å². The first kappa shape index (κ1) is 16.3. The molecule has 0 saturated carbocycles. The van der Waals surface area contributed by atoms with Gasteiger partial charge in [-0.3, -0.25) is 4.79 Å². The molecule has 0 spiro atoms. The Bertz CT molecular complexity index is 707. The van der Waals surface area contributed by atoms with Crippen LogP contribution < -0.4 is 0 Å². The van der Waals surface area contributed by atoms with E-state index < -0.39 is 0 Å². The predicted molar refractivity (Wildman–Crippen MR) is 92.4 cm³/mol. The molecule has 1 aromatic heterocycles. The quantitative estimate of drug-likeness (QED) is 0.851. The van der Waals surface area contributed by atoms with Gasteiger partial charge >= 0.3 is 0 Å². The smallest absolute Gasteiger partial charge is 0.289 e. The summed E-state index contributed by atoms with van der Waals surface area (Å²) < 4.78 is 2.00. The van der Waals surface area contributed by atoms with E-state index in [-0.39, 0.29) is 17.7 Å². The van der Waals surface area contributed by atoms with Crippen molar-refractivity contribution in [3.05, 3.63) is 65.9 Å². The Morgan fingerprint density at radius 3 is 2.67 bits per heavy atom. The normalized spacial score (nSPS) is 17.8. The number of aliphatic hydroxyl groups excluding tert-OH is 1. The van der Waals surface area contributed by atoms with Gasteiger partial charge in [-0.25, -0.2) is 4.98 Å². The van der Waals surface area contributed by atoms with E-state index in [1.165, 1.54) is 5.56 Å². The number of nitrogens with zero attached hydrogens (tertiary/aromatic N) is 3. The number of carbonyl (C=O) groups excluding carboxylic acids is 1. The van der Waals surface area contributed by atoms with Crippen molar-refractivity contribution in [2.24, 2.45) is 0 Å². The van der Waals surface area contributed by atoms with Gasteiger partial charge < -0.3 is 14.6 Å². The van der Waals surface area contributed by atoms with E-state index in [9.17, 15) is 9.90 Å². The van der Waals surface area contributed by atoms with Crippen molar-refractivity contribution in [2.45, 2.75) is 38.8 Å². The van der Waals surface area contributed by atoms with Crippen molar-refractivity contribution >= 4 is 5.91 Å². The number of amides is 1. The summed E-state index contributed by atoms with van der Waals surface area (Å²) in [6.45, 7) is 3.43. The minimum Gasteiger partial charge on any atom is -0.503 e. The molecule has 1 unspecified atom stereocenters. The first-order chi connectivity index (χ1) is 11.7. The summed E-state index contributed by atoms with van der Waals surface area (Å²) in [5, 5.41) is 10.2. The zero-order valence-corrected chi connectivity index (χ0v) is 13.9. The molecule has 1 atom stereocenters. The number of carbonyl (C=O) groups is 1. The molecule has 0 bridgehead atoms. The maximum Gasteiger partial charge on any atom is 0.289 e. The Labute approximate surface area is 142 Å². The summed E-state index contributed by atoms with van der Waals surface area (Å²) in [6, 6.07) is 10.1. The molecule has 0 saturated heterocycles. The van der Waals surface area contributed by atoms with Gasteiger partial charge in [0.25, 0.3) is 5.91 Å². The van der Waals surface area contributed by atoms with E-state index in [1.807, 2.05) is 40.8 Å². The molecule has 2 aromatic rings. The van der Waals surface area contributed by atoms with Gasteiger partial charge in [0.15, 0.2) is 5.76 Å². The molecule has 5 nitrogen and oxygen atoms in total. The molecule has 1 aliphatic heterocycles. The Hall–Kier alpha value is -2.56. The zero-order valence-electron chi connectivity index (χ0n) is 13.9. The average molecular weight is 325 g/mol. The molecule has 0 aliphatic carbocycles. The van der Waals surface area contributed by atoms with Gasteiger partial charge in [0, 0.05) is 25.5 Å². The largest absolute Gasteiger partial charge is 0.503 e. The Balaban J connectivity index is 1.71. The molecule has 1 aliphatic rings. The number of aromatic nitrogens is 2. The van der Waals surface area contributed by atoms with Gasteiger partial charge in [-0.15, -0.1) is 0 Å². The van der Waals surface area contributed by atoms with Gasteiger partial charge in [-0.1, -0.05) is 37.3 Å². The lowest BCUT2D eigenvalue weighted by Crippen LogP contribution is -2.38. The number of imidazole rings is 1. The lowest BCUT2D eigenvalue weighted by Gasteiger charge is -2.27. The zero-order chi connectivity index (χ0) is 16.9. The molecule has 24 heavy (non-hydrogen) atoms. The third kappa shape index (κ3) is 3.35. The molecular weight excluding hydrogens is 302 g/mol. The number of aliphatic hydroxyl groups is 1. The van der Waals surface area contributed by atoms with E-state index in [0.29, 0.717) is 13.0 Å². The Morgan fingerprint density at radius 1 is 1.21 bits per heavy atom. The summed E-state index contributed by atoms with van der Waals surface area (Å²) in [4.78, 5) is 18.3. The summed E-state index contributed by atoms with van der Waals surface area (Å²) in [7, 11) is 0. The molecule has 0 fully saturated rings. The third-order valence-corrected chi connectivity index (χ3v) is 4.57. The van der Waals surface area contributed by atoms with E-state index in [2.05, 4.69) is 17.1 Å². The Morgan fingerprint density at radius 2 is 2.00 bits per heavy atom. The van der Waals surface area contributed by atoms with E-state index >= 15 is 0 Å². The molecule has 1 aromatic carbocycles. The fourth-order valence-electron chi connectivity index (χ4n) is 3.33. The van der Waals surface area contributed by atoms with Crippen LogP contribution in [-0.2, 0) is 17.8 Å². The van der Waals surface area contributed by atoms with Crippen LogP contribution in [0.3, 0.4) is 0 Å². The van der Waals surface area contributed by atoms with Crippen LogP contribution in [-0.4, -0.2) is 38.1 Å². The summed E-state index contributed by atoms with van der Waals surface area (Å²) in [6.07, 6.45) is 7.71. The highest BCUT2D eigenvalue weighted by molar-refractivity contribution is 5.95. The summed E-state index contributed by atoms with van der Waals surface area (Å²) >= 11 is 0. The van der Waals surface area contributed by atoms with Gasteiger partial charge in [0.2, 0.25) is 0 Å². The molecular formula is C19H23N3O2. The van der Waals surface area contributed by atoms with Crippen molar-refractivity contribution in [1.29, 1.82) is 0 Å². The second kappa shape index (κ2) is 7.34. The van der Waals surface area contributed by atoms with E-state index in [4.69, 9.17) is 0 Å². The highest BCUT2D eigenvalue weighted by Gasteiger charge is 2.37. The number of hydrogen-bond donors (Lipinski definition) is 1. The van der Waals surface area contributed by atoms with Crippen LogP contribution in [0, 0.1) is 0 Å². The molecule has 0 radical (unpaired) electrons. The molecule has 2 heterocycles. The van der Waals surface area contributed by atoms with Crippen LogP contribution in [0.1, 0.15) is 25.3 Å². The number of hydrogen-bond acceptors (Lipinski definition) is 3. The number of aryl methyl sites for hydroxylation is 1. The molecule has 5 heteroatoms. The second-order valence-corrected chi connectivity index (χ2v) is 6.09. The monoisotopic (exact) mass is 325 g/mol. The molecule has 126 valence electrons. The van der Waals surface area contributed by atoms with Crippen molar-refractivity contribution in [3.8, 4) is 0 Å². The van der Waals surface area contributed by atoms with Gasteiger partial charge in [-0.05, 0) is 30.4 Å². The fraction of sp³-hybridized carbons (Fsp3) is 0.368. The summed E-state index contributed by atoms with van der Waals surface area (Å²) in [5.74, 6) is -0.292. The number of rotatable bonds is 7. The van der Waals surface area contributed by atoms with Crippen molar-refractivity contribution in [1.82, 2.24) is 14.5 Å². The van der Waals surface area contributed by atoms with Gasteiger partial charge in [-0.2, -0.15) is 0 Å². The Kier molecular flexibility index (Phi) is 4.99. The maximum atomic E-state index is 12.5. The van der Waals surface area contributed by atoms with Gasteiger partial charge in [0.1, 0.15) is 0 Å². The van der Waals surface area contributed by atoms with Crippen LogP contribution in [0.15, 0.2) is 60.4 Å². The first-order valence-electron chi connectivity index (χ1n) is 8.43. The maximum absolute atomic E-state index is 12.5. The lowest BCUT2D eigenvalue weighted by molar-refractivity contribution is -0.129. The minimum atomic E-state index is -0.238. The molecule has 1 amide bonds. The first-order valence-corrected chi connectivity index (χ1v) is 8.43. The van der Waals surface area contributed by atoms with Crippen LogP contribution in [0.4, 0.5) is 0 Å². The van der Waals surface area contributed by atoms with Crippen molar-refractivity contribution in [2.75, 3.05) is 6.54 Å². The van der Waals surface area contributed by atoms with Crippen LogP contribution >= 0.6 is 0 Å². The predicted octanol–water partition coefficient (Wildman–Crippen LogP) is 2.95. The number of benzene rings is 1. The second-order valence-electron chi connectivity index (χ2n) is 6.09. The standard InChI is InChI=1S/C19H23N3O2/c1-2-16-17(13-15-7-4-3-5-8-15)22(19(24)18(16)23)11-6-10-21-12-9-20-14-21/h3-5,7-9,12,14,17,23H,2,6,10-11,13H2,1H3. The fourth-order valence-corrected chi connectivity index (χ4v) is 3.33. The molecule has 3 rings (SSSR count). The van der Waals surface area contributed by atoms with Gasteiger partial charge in [0.05, 0.1) is 12.4 Å². The van der Waals surface area contributed by atoms with E-state index in [1.54, 1.807) is 12.5 Å². The van der Waals surface area contributed by atoms with Crippen LogP contribution in [0.5, 0.6) is 0 Å². The summed E-state index contributed by atoms with van der Waals surface area (Å²) in [5.41, 5.74) is 2.03. The van der Waals surface area contributed by atoms with Crippen molar-refractivity contribution in [3.63, 3.8) is 0 Å². The van der Waals surface area contributed by atoms with Crippen LogP contribution in [0.25, 0.3) is 0 Å². The minimum absolute atomic E-state index is 0.0484. The van der Waals surface area contributed by atoms with E-state index in [0.717, 1.165) is 25.0 Å². The highest BCUT2D eigenvalue weighted by Crippen LogP contribution is 2.29. The van der Waals surface area contributed by atoms with Crippen LogP contribution in [0.2, 0.25) is 0 Å². The highest BCUT2D eigenvalue weighted by atomic mass is 16.3. The lowest BCUT2D eigenvalue weighted by atomic mass is 9.98. The average Bonchev–Trinajstić information content (AvgIpc) is 3.19. The third-order valence-electron chi connectivity index (χ3n) is 4.57. The topological polar surface area (TPSA) is 58.4 Å².